The van der Waals surface area contributed by atoms with E-state index in [9.17, 15) is 14.7 Å². The number of para-hydroxylation sites is 2. The van der Waals surface area contributed by atoms with Gasteiger partial charge in [-0.2, -0.15) is 0 Å². The molecule has 0 spiro atoms. The first kappa shape index (κ1) is 24.3. The Morgan fingerprint density at radius 3 is 2.45 bits per heavy atom. The number of fused-ring (bicyclic) bond motifs is 2. The Kier molecular flexibility index (Phi) is 6.43. The van der Waals surface area contributed by atoms with E-state index in [1.165, 1.54) is 11.3 Å². The lowest BCUT2D eigenvalue weighted by atomic mass is 10.1. The van der Waals surface area contributed by atoms with Gasteiger partial charge in [0.15, 0.2) is 0 Å². The van der Waals surface area contributed by atoms with Crippen LogP contribution in [0.4, 0.5) is 5.95 Å². The number of likely N-dealkylation sites (tertiary alicyclic amines) is 1. The highest BCUT2D eigenvalue weighted by Gasteiger charge is 2.52. The fourth-order valence-corrected chi connectivity index (χ4v) is 5.64. The predicted octanol–water partition coefficient (Wildman–Crippen LogP) is 4.16. The molecule has 2 N–H and O–H groups in total. The normalized spacial score (nSPS) is 19.6. The quantitative estimate of drug-likeness (QED) is 0.391. The minimum Gasteiger partial charge on any atom is -0.350 e. The molecule has 194 valence electrons. The van der Waals surface area contributed by atoms with Gasteiger partial charge in [-0.25, -0.2) is 4.98 Å². The molecule has 1 unspecified atom stereocenters. The van der Waals surface area contributed by atoms with Crippen LogP contribution in [0.3, 0.4) is 0 Å². The van der Waals surface area contributed by atoms with Gasteiger partial charge in [-0.1, -0.05) is 67.1 Å². The van der Waals surface area contributed by atoms with Crippen molar-refractivity contribution in [2.24, 2.45) is 0 Å². The number of amides is 2. The van der Waals surface area contributed by atoms with Crippen LogP contribution in [0.5, 0.6) is 0 Å². The molecule has 1 atom stereocenters. The number of carbonyl (C=O) groups excluding carboxylic acids is 2. The molecule has 2 aliphatic rings. The van der Waals surface area contributed by atoms with Crippen LogP contribution < -0.4 is 5.32 Å². The second-order valence-electron chi connectivity index (χ2n) is 10.0. The van der Waals surface area contributed by atoms with Crippen molar-refractivity contribution >= 4 is 28.8 Å². The molecule has 8 heteroatoms. The average molecular weight is 510 g/mol. The number of nitrogens with one attached hydrogen (secondary N) is 1. The molecule has 1 fully saturated rings. The van der Waals surface area contributed by atoms with Gasteiger partial charge in [0.25, 0.3) is 11.8 Å². The zero-order chi connectivity index (χ0) is 26.1. The van der Waals surface area contributed by atoms with Crippen molar-refractivity contribution in [1.29, 1.82) is 0 Å². The van der Waals surface area contributed by atoms with Crippen LogP contribution in [0.1, 0.15) is 47.2 Å². The molecule has 2 amide bonds. The third-order valence-electron chi connectivity index (χ3n) is 7.55. The lowest BCUT2D eigenvalue weighted by molar-refractivity contribution is -0.117. The van der Waals surface area contributed by atoms with Gasteiger partial charge >= 0.3 is 0 Å². The number of benzene rings is 3. The average Bonchev–Trinajstić information content (AvgIpc) is 3.42. The monoisotopic (exact) mass is 509 g/mol. The summed E-state index contributed by atoms with van der Waals surface area (Å²) in [6.45, 7) is 2.88. The summed E-state index contributed by atoms with van der Waals surface area (Å²) in [5.74, 6) is -2.15. The standard InChI is InChI=1S/C30H31N5O3/c36-27(17-20-33-18-9-2-10-19-33)32-29-31-25-15-7-8-16-26(25)35(29)30(38)24-14-6-5-13-23(24)28(37)34(30)21-22-11-3-1-4-12-22/h1,3-8,11-16,38H,2,9-10,17-21H2,(H,31,32,36). The summed E-state index contributed by atoms with van der Waals surface area (Å²) >= 11 is 0. The highest BCUT2D eigenvalue weighted by molar-refractivity contribution is 6.00. The first-order valence-corrected chi connectivity index (χ1v) is 13.2. The van der Waals surface area contributed by atoms with Crippen LogP contribution >= 0.6 is 0 Å². The predicted molar refractivity (Wildman–Crippen MR) is 145 cm³/mol. The number of rotatable bonds is 7. The molecule has 2 aliphatic heterocycles. The molecule has 8 nitrogen and oxygen atoms in total. The molecule has 4 aromatic rings. The Labute approximate surface area is 221 Å². The molecule has 3 aromatic carbocycles. The smallest absolute Gasteiger partial charge is 0.258 e. The van der Waals surface area contributed by atoms with Gasteiger partial charge in [0.05, 0.1) is 17.6 Å². The Morgan fingerprint density at radius 2 is 1.63 bits per heavy atom. The Bertz CT molecular complexity index is 1480. The molecule has 1 aromatic heterocycles. The zero-order valence-corrected chi connectivity index (χ0v) is 21.2. The van der Waals surface area contributed by atoms with E-state index >= 15 is 0 Å². The van der Waals surface area contributed by atoms with E-state index in [1.54, 1.807) is 28.8 Å². The summed E-state index contributed by atoms with van der Waals surface area (Å²) in [6.07, 6.45) is 3.89. The van der Waals surface area contributed by atoms with Gasteiger partial charge in [-0.15, -0.1) is 0 Å². The maximum Gasteiger partial charge on any atom is 0.258 e. The van der Waals surface area contributed by atoms with E-state index in [4.69, 9.17) is 4.98 Å². The molecular weight excluding hydrogens is 478 g/mol. The van der Waals surface area contributed by atoms with Crippen molar-refractivity contribution in [2.75, 3.05) is 25.0 Å². The zero-order valence-electron chi connectivity index (χ0n) is 21.2. The van der Waals surface area contributed by atoms with Gasteiger partial charge < -0.3 is 10.0 Å². The number of aromatic nitrogens is 2. The van der Waals surface area contributed by atoms with Crippen LogP contribution in [-0.2, 0) is 17.2 Å². The first-order valence-electron chi connectivity index (χ1n) is 13.2. The van der Waals surface area contributed by atoms with Gasteiger partial charge in [-0.3, -0.25) is 24.4 Å². The van der Waals surface area contributed by atoms with Crippen molar-refractivity contribution in [3.05, 3.63) is 95.6 Å². The van der Waals surface area contributed by atoms with E-state index in [-0.39, 0.29) is 24.3 Å². The van der Waals surface area contributed by atoms with E-state index in [0.29, 0.717) is 35.1 Å². The fraction of sp³-hybridized carbons (Fsp3) is 0.300. The van der Waals surface area contributed by atoms with Crippen molar-refractivity contribution < 1.29 is 14.7 Å². The number of nitrogens with zero attached hydrogens (tertiary/aromatic N) is 4. The fourth-order valence-electron chi connectivity index (χ4n) is 5.64. The molecule has 3 heterocycles. The Balaban J connectivity index is 1.41. The highest BCUT2D eigenvalue weighted by atomic mass is 16.3. The Hall–Kier alpha value is -4.01. The second kappa shape index (κ2) is 10.0. The SMILES string of the molecule is O=C(CCN1CCCCC1)Nc1nc2ccccc2n1C1(O)c2ccccc2C(=O)N1Cc1ccccc1. The van der Waals surface area contributed by atoms with E-state index in [0.717, 1.165) is 31.5 Å². The number of hydrogen-bond donors (Lipinski definition) is 2. The van der Waals surface area contributed by atoms with Crippen LogP contribution in [0.2, 0.25) is 0 Å². The lowest BCUT2D eigenvalue weighted by Crippen LogP contribution is -2.49. The molecular formula is C30H31N5O3. The number of anilines is 1. The third kappa shape index (κ3) is 4.25. The number of piperidine rings is 1. The molecule has 0 saturated carbocycles. The second-order valence-corrected chi connectivity index (χ2v) is 10.0. The molecule has 1 saturated heterocycles. The van der Waals surface area contributed by atoms with Crippen molar-refractivity contribution in [2.45, 2.75) is 38.1 Å². The largest absolute Gasteiger partial charge is 0.350 e. The summed E-state index contributed by atoms with van der Waals surface area (Å²) in [4.78, 5) is 35.3. The van der Waals surface area contributed by atoms with E-state index in [1.807, 2.05) is 54.6 Å². The van der Waals surface area contributed by atoms with E-state index in [2.05, 4.69) is 10.2 Å². The maximum absolute atomic E-state index is 13.7. The minimum absolute atomic E-state index is 0.178. The van der Waals surface area contributed by atoms with Crippen molar-refractivity contribution in [3.8, 4) is 0 Å². The molecule has 6 rings (SSSR count). The number of imidazole rings is 1. The van der Waals surface area contributed by atoms with Crippen LogP contribution in [-0.4, -0.2) is 55.9 Å². The van der Waals surface area contributed by atoms with Gasteiger partial charge in [0.1, 0.15) is 0 Å². The molecule has 0 bridgehead atoms. The molecule has 38 heavy (non-hydrogen) atoms. The number of hydrogen-bond acceptors (Lipinski definition) is 5. The van der Waals surface area contributed by atoms with Crippen LogP contribution in [0.15, 0.2) is 78.9 Å². The van der Waals surface area contributed by atoms with Gasteiger partial charge in [0.2, 0.25) is 11.9 Å². The Morgan fingerprint density at radius 1 is 0.921 bits per heavy atom. The number of carbonyl (C=O) groups is 2. The van der Waals surface area contributed by atoms with Crippen LogP contribution in [0.25, 0.3) is 11.0 Å². The summed E-state index contributed by atoms with van der Waals surface area (Å²) in [5.41, 5.74) is 2.98. The lowest BCUT2D eigenvalue weighted by Gasteiger charge is -2.36. The molecule has 0 radical (unpaired) electrons. The van der Waals surface area contributed by atoms with Gasteiger partial charge in [0, 0.05) is 24.1 Å². The maximum atomic E-state index is 13.7. The summed E-state index contributed by atoms with van der Waals surface area (Å²) in [7, 11) is 0. The topological polar surface area (TPSA) is 90.7 Å². The van der Waals surface area contributed by atoms with E-state index < -0.39 is 5.85 Å². The highest BCUT2D eigenvalue weighted by Crippen LogP contribution is 2.43. The summed E-state index contributed by atoms with van der Waals surface area (Å²) in [5, 5.41) is 15.5. The molecule has 0 aliphatic carbocycles. The minimum atomic E-state index is -1.89. The van der Waals surface area contributed by atoms with Crippen molar-refractivity contribution in [3.63, 3.8) is 0 Å². The summed E-state index contributed by atoms with van der Waals surface area (Å²) < 4.78 is 1.59. The van der Waals surface area contributed by atoms with Crippen LogP contribution in [0, 0.1) is 0 Å². The first-order chi connectivity index (χ1) is 18.6. The third-order valence-corrected chi connectivity index (χ3v) is 7.55. The summed E-state index contributed by atoms with van der Waals surface area (Å²) in [6, 6.07) is 24.0. The number of aliphatic hydroxyl groups is 1. The van der Waals surface area contributed by atoms with Crippen molar-refractivity contribution in [1.82, 2.24) is 19.4 Å². The van der Waals surface area contributed by atoms with Gasteiger partial charge in [-0.05, 0) is 49.7 Å².